The molecule has 0 spiro atoms. The maximum absolute atomic E-state index is 12.9. The Morgan fingerprint density at radius 1 is 1.17 bits per heavy atom. The van der Waals surface area contributed by atoms with Crippen molar-refractivity contribution >= 4 is 23.4 Å². The summed E-state index contributed by atoms with van der Waals surface area (Å²) in [6.07, 6.45) is 2.46. The number of aryl methyl sites for hydroxylation is 1. The van der Waals surface area contributed by atoms with E-state index in [0.717, 1.165) is 56.4 Å². The lowest BCUT2D eigenvalue weighted by atomic mass is 10.1. The minimum absolute atomic E-state index is 0.277. The molecule has 1 N–H and O–H groups in total. The number of rotatable bonds is 7. The van der Waals surface area contributed by atoms with Gasteiger partial charge in [-0.15, -0.1) is 0 Å². The predicted octanol–water partition coefficient (Wildman–Crippen LogP) is 1.99. The number of hydrogen-bond donors (Lipinski definition) is 1. The molecule has 0 saturated carbocycles. The molecule has 184 valence electrons. The fraction of sp³-hybridized carbons (Fsp3) is 0.440. The second kappa shape index (κ2) is 10.4. The lowest BCUT2D eigenvalue weighted by molar-refractivity contribution is 0.0357. The van der Waals surface area contributed by atoms with E-state index in [1.165, 1.54) is 0 Å². The largest absolute Gasteiger partial charge is 0.491 e. The van der Waals surface area contributed by atoms with Gasteiger partial charge in [0.1, 0.15) is 11.5 Å². The first-order valence-electron chi connectivity index (χ1n) is 11.9. The van der Waals surface area contributed by atoms with Gasteiger partial charge >= 0.3 is 0 Å². The first-order valence-corrected chi connectivity index (χ1v) is 11.9. The van der Waals surface area contributed by atoms with Crippen molar-refractivity contribution in [3.63, 3.8) is 0 Å². The lowest BCUT2D eigenvalue weighted by Crippen LogP contribution is -2.47. The Kier molecular flexibility index (Phi) is 6.91. The molecule has 5 rings (SSSR count). The van der Waals surface area contributed by atoms with Crippen LogP contribution in [0.25, 0.3) is 0 Å². The van der Waals surface area contributed by atoms with E-state index in [4.69, 9.17) is 19.2 Å². The molecule has 35 heavy (non-hydrogen) atoms. The van der Waals surface area contributed by atoms with Crippen LogP contribution in [0.1, 0.15) is 28.0 Å². The summed E-state index contributed by atoms with van der Waals surface area (Å²) in [5.74, 6) is 2.07. The van der Waals surface area contributed by atoms with Crippen LogP contribution in [0, 0.1) is 6.92 Å². The number of pyridine rings is 1. The molecule has 0 aliphatic carbocycles. The predicted molar refractivity (Wildman–Crippen MR) is 132 cm³/mol. The zero-order valence-electron chi connectivity index (χ0n) is 20.1. The molecule has 1 saturated heterocycles. The summed E-state index contributed by atoms with van der Waals surface area (Å²) in [6, 6.07) is 7.42. The highest BCUT2D eigenvalue weighted by atomic mass is 16.5. The first kappa shape index (κ1) is 23.3. The molecule has 4 heterocycles. The second-order valence-electron chi connectivity index (χ2n) is 8.58. The normalized spacial score (nSPS) is 17.3. The number of methoxy groups -OCH3 is 1. The molecule has 2 aromatic rings. The Balaban J connectivity index is 1.35. The fourth-order valence-electron chi connectivity index (χ4n) is 4.37. The summed E-state index contributed by atoms with van der Waals surface area (Å²) in [5, 5.41) is 2.93. The topological polar surface area (TPSA) is 101 Å². The van der Waals surface area contributed by atoms with Crippen molar-refractivity contribution in [2.75, 3.05) is 59.7 Å². The van der Waals surface area contributed by atoms with Crippen LogP contribution in [0.2, 0.25) is 0 Å². The third kappa shape index (κ3) is 4.98. The van der Waals surface area contributed by atoms with Crippen molar-refractivity contribution in [1.29, 1.82) is 0 Å². The van der Waals surface area contributed by atoms with Crippen molar-refractivity contribution in [1.82, 2.24) is 20.1 Å². The minimum atomic E-state index is -0.277. The number of nitrogens with zero attached hydrogens (tertiary/aromatic N) is 5. The van der Waals surface area contributed by atoms with Crippen molar-refractivity contribution in [2.24, 2.45) is 9.98 Å². The van der Waals surface area contributed by atoms with Crippen LogP contribution in [0.3, 0.4) is 0 Å². The van der Waals surface area contributed by atoms with E-state index >= 15 is 0 Å². The number of carbonyl (C=O) groups excluding carboxylic acids is 1. The third-order valence-corrected chi connectivity index (χ3v) is 6.23. The smallest absolute Gasteiger partial charge is 0.259 e. The molecule has 0 atom stereocenters. The molecule has 3 aliphatic rings. The van der Waals surface area contributed by atoms with E-state index in [1.807, 2.05) is 24.0 Å². The number of carbonyl (C=O) groups is 1. The monoisotopic (exact) mass is 478 g/mol. The number of aromatic nitrogens is 1. The number of hydrogen-bond acceptors (Lipinski definition) is 9. The van der Waals surface area contributed by atoms with Gasteiger partial charge in [0.2, 0.25) is 5.96 Å². The standard InChI is InChI=1S/C25H30N6O4/c1-17-4-5-18(16-27-17)24(32)29-25-28-21-19(23-26-8-10-31(23)25)6-7-20(22(21)33-2)35-13-3-9-30-11-14-34-15-12-30/h4-7,16H,3,8-15H2,1-2H3,(H,28,29,32). The molecular weight excluding hydrogens is 448 g/mol. The summed E-state index contributed by atoms with van der Waals surface area (Å²) >= 11 is 0. The number of amides is 1. The van der Waals surface area contributed by atoms with Crippen LogP contribution in [0.4, 0.5) is 5.69 Å². The highest BCUT2D eigenvalue weighted by Crippen LogP contribution is 2.43. The molecule has 10 heteroatoms. The summed E-state index contributed by atoms with van der Waals surface area (Å²) in [4.78, 5) is 30.8. The van der Waals surface area contributed by atoms with E-state index in [2.05, 4.69) is 20.2 Å². The average Bonchev–Trinajstić information content (AvgIpc) is 3.38. The van der Waals surface area contributed by atoms with Gasteiger partial charge < -0.3 is 14.2 Å². The summed E-state index contributed by atoms with van der Waals surface area (Å²) < 4.78 is 17.2. The Bertz CT molecular complexity index is 1140. The van der Waals surface area contributed by atoms with E-state index in [9.17, 15) is 4.79 Å². The van der Waals surface area contributed by atoms with Crippen LogP contribution >= 0.6 is 0 Å². The minimum Gasteiger partial charge on any atom is -0.491 e. The molecule has 0 bridgehead atoms. The zero-order chi connectivity index (χ0) is 24.2. The molecule has 1 aromatic carbocycles. The molecule has 1 aromatic heterocycles. The first-order chi connectivity index (χ1) is 17.1. The number of benzene rings is 1. The number of nitrogens with one attached hydrogen (secondary N) is 1. The Morgan fingerprint density at radius 2 is 2.03 bits per heavy atom. The number of morpholine rings is 1. The Hall–Kier alpha value is -3.50. The van der Waals surface area contributed by atoms with Crippen molar-refractivity contribution < 1.29 is 19.0 Å². The molecule has 0 radical (unpaired) electrons. The number of fused-ring (bicyclic) bond motifs is 3. The van der Waals surface area contributed by atoms with Gasteiger partial charge in [-0.25, -0.2) is 4.99 Å². The molecule has 10 nitrogen and oxygen atoms in total. The maximum Gasteiger partial charge on any atom is 0.259 e. The van der Waals surface area contributed by atoms with Crippen LogP contribution in [0.15, 0.2) is 40.4 Å². The van der Waals surface area contributed by atoms with Crippen molar-refractivity contribution in [3.8, 4) is 11.5 Å². The average molecular weight is 479 g/mol. The number of guanidine groups is 1. The highest BCUT2D eigenvalue weighted by molar-refractivity contribution is 6.20. The van der Waals surface area contributed by atoms with Crippen molar-refractivity contribution in [3.05, 3.63) is 47.3 Å². The van der Waals surface area contributed by atoms with Gasteiger partial charge in [-0.1, -0.05) is 0 Å². The van der Waals surface area contributed by atoms with Gasteiger partial charge in [0, 0.05) is 43.6 Å². The molecular formula is C25H30N6O4. The SMILES string of the molecule is COc1c(OCCCN2CCOCC2)ccc2c1N=C(NC(=O)c1ccc(C)nc1)N1CCN=C21. The van der Waals surface area contributed by atoms with E-state index in [0.29, 0.717) is 48.4 Å². The third-order valence-electron chi connectivity index (χ3n) is 6.23. The summed E-state index contributed by atoms with van der Waals surface area (Å²) in [7, 11) is 1.60. The molecule has 1 fully saturated rings. The van der Waals surface area contributed by atoms with E-state index < -0.39 is 0 Å². The number of amidine groups is 1. The summed E-state index contributed by atoms with van der Waals surface area (Å²) in [6.45, 7) is 8.17. The van der Waals surface area contributed by atoms with Gasteiger partial charge in [0.15, 0.2) is 11.5 Å². The Morgan fingerprint density at radius 3 is 2.80 bits per heavy atom. The Labute approximate surface area is 204 Å². The quantitative estimate of drug-likeness (QED) is 0.608. The van der Waals surface area contributed by atoms with E-state index in [1.54, 1.807) is 25.4 Å². The number of aliphatic imine (C=N–C) groups is 2. The zero-order valence-corrected chi connectivity index (χ0v) is 20.1. The maximum atomic E-state index is 12.9. The van der Waals surface area contributed by atoms with Gasteiger partial charge in [-0.3, -0.25) is 29.9 Å². The van der Waals surface area contributed by atoms with Gasteiger partial charge in [0.05, 0.1) is 39.0 Å². The van der Waals surface area contributed by atoms with Crippen LogP contribution in [-0.2, 0) is 4.74 Å². The number of ether oxygens (including phenoxy) is 3. The van der Waals surface area contributed by atoms with E-state index in [-0.39, 0.29) is 5.91 Å². The van der Waals surface area contributed by atoms with Crippen LogP contribution < -0.4 is 14.8 Å². The van der Waals surface area contributed by atoms with Gasteiger partial charge in [0.25, 0.3) is 5.91 Å². The summed E-state index contributed by atoms with van der Waals surface area (Å²) in [5.41, 5.74) is 2.77. The lowest BCUT2D eigenvalue weighted by Gasteiger charge is -2.29. The molecule has 0 unspecified atom stereocenters. The van der Waals surface area contributed by atoms with Crippen LogP contribution in [0.5, 0.6) is 11.5 Å². The van der Waals surface area contributed by atoms with Crippen LogP contribution in [-0.4, -0.2) is 92.1 Å². The van der Waals surface area contributed by atoms with Crippen molar-refractivity contribution in [2.45, 2.75) is 13.3 Å². The molecule has 3 aliphatic heterocycles. The fourth-order valence-corrected chi connectivity index (χ4v) is 4.37. The van der Waals surface area contributed by atoms with Gasteiger partial charge in [-0.05, 0) is 37.6 Å². The van der Waals surface area contributed by atoms with Gasteiger partial charge in [-0.2, -0.15) is 0 Å². The second-order valence-corrected chi connectivity index (χ2v) is 8.58. The molecule has 1 amide bonds. The highest BCUT2D eigenvalue weighted by Gasteiger charge is 2.33.